The standard InChI is InChI=1S/C74H72N4/c1-50-12-28-59(29-13-50)75(60-30-14-51(2)15-31-60)67-44-58(45-68(46-67)76(61-32-16-52(3)17-33-61)62-34-18-53(4)19-35-62)74(11)49-73(9,10)70-47-69(77(63-36-20-54(5)21-37-63)64-38-22-55(6)23-39-64)48-71(72(70)74)78(65-40-24-56(7)25-41-65)66-42-26-57(8)27-43-66/h12-48H,49H2,1-11H3. The van der Waals surface area contributed by atoms with E-state index in [4.69, 9.17) is 0 Å². The van der Waals surface area contributed by atoms with Gasteiger partial charge in [0.1, 0.15) is 0 Å². The summed E-state index contributed by atoms with van der Waals surface area (Å²) in [6.45, 7) is 24.8. The normalized spacial score (nSPS) is 14.4. The molecule has 78 heavy (non-hydrogen) atoms. The summed E-state index contributed by atoms with van der Waals surface area (Å²) in [6, 6.07) is 84.6. The monoisotopic (exact) mass is 1020 g/mol. The Morgan fingerprint density at radius 2 is 0.487 bits per heavy atom. The molecule has 1 atom stereocenters. The molecule has 388 valence electrons. The van der Waals surface area contributed by atoms with Crippen LogP contribution < -0.4 is 19.6 Å². The summed E-state index contributed by atoms with van der Waals surface area (Å²) in [4.78, 5) is 9.89. The van der Waals surface area contributed by atoms with Gasteiger partial charge in [-0.15, -0.1) is 0 Å². The molecule has 0 saturated heterocycles. The number of aryl methyl sites for hydroxylation is 8. The molecule has 11 rings (SSSR count). The van der Waals surface area contributed by atoms with Crippen molar-refractivity contribution >= 4 is 68.2 Å². The van der Waals surface area contributed by atoms with Crippen molar-refractivity contribution in [2.45, 2.75) is 93.4 Å². The zero-order valence-electron chi connectivity index (χ0n) is 47.4. The second kappa shape index (κ2) is 20.7. The highest BCUT2D eigenvalue weighted by Crippen LogP contribution is 2.60. The second-order valence-corrected chi connectivity index (χ2v) is 23.0. The van der Waals surface area contributed by atoms with Crippen molar-refractivity contribution in [1.82, 2.24) is 0 Å². The molecule has 1 aliphatic carbocycles. The SMILES string of the molecule is Cc1ccc(N(c2ccc(C)cc2)c2cc(N(c3ccc(C)cc3)c3ccc(C)cc3)cc(C3(C)CC(C)(C)c4cc(N(c5ccc(C)cc5)c5ccc(C)cc5)cc(N(c5ccc(C)cc5)c5ccc(C)cc5)c43)c2)cc1. The number of fused-ring (bicyclic) bond motifs is 1. The van der Waals surface area contributed by atoms with Gasteiger partial charge in [-0.2, -0.15) is 0 Å². The van der Waals surface area contributed by atoms with Crippen molar-refractivity contribution in [2.75, 3.05) is 19.6 Å². The molecular weight excluding hydrogens is 945 g/mol. The summed E-state index contributed by atoms with van der Waals surface area (Å²) in [5.41, 5.74) is 26.2. The van der Waals surface area contributed by atoms with E-state index in [1.807, 2.05) is 0 Å². The van der Waals surface area contributed by atoms with E-state index < -0.39 is 5.41 Å². The molecule has 0 aromatic heterocycles. The van der Waals surface area contributed by atoms with Crippen molar-refractivity contribution < 1.29 is 0 Å². The summed E-state index contributed by atoms with van der Waals surface area (Å²) in [6.07, 6.45) is 0.865. The van der Waals surface area contributed by atoms with Crippen LogP contribution in [-0.2, 0) is 10.8 Å². The van der Waals surface area contributed by atoms with Crippen LogP contribution in [0.2, 0.25) is 0 Å². The number of nitrogens with zero attached hydrogens (tertiary/aromatic N) is 4. The smallest absolute Gasteiger partial charge is 0.0526 e. The van der Waals surface area contributed by atoms with Crippen LogP contribution in [0.1, 0.15) is 88.4 Å². The van der Waals surface area contributed by atoms with Gasteiger partial charge in [-0.1, -0.05) is 162 Å². The van der Waals surface area contributed by atoms with Crippen LogP contribution >= 0.6 is 0 Å². The molecule has 4 nitrogen and oxygen atoms in total. The van der Waals surface area contributed by atoms with E-state index in [1.165, 1.54) is 61.2 Å². The van der Waals surface area contributed by atoms with Crippen molar-refractivity contribution in [3.05, 3.63) is 286 Å². The van der Waals surface area contributed by atoms with Crippen LogP contribution in [0.25, 0.3) is 0 Å². The highest BCUT2D eigenvalue weighted by atomic mass is 15.2. The van der Waals surface area contributed by atoms with Crippen LogP contribution in [0.5, 0.6) is 0 Å². The van der Waals surface area contributed by atoms with Crippen LogP contribution in [0.3, 0.4) is 0 Å². The van der Waals surface area contributed by atoms with Crippen molar-refractivity contribution in [1.29, 1.82) is 0 Å². The largest absolute Gasteiger partial charge is 0.310 e. The summed E-state index contributed by atoms with van der Waals surface area (Å²) >= 11 is 0. The predicted molar refractivity (Wildman–Crippen MR) is 334 cm³/mol. The molecule has 0 heterocycles. The summed E-state index contributed by atoms with van der Waals surface area (Å²) in [5.74, 6) is 0. The number of anilines is 12. The maximum Gasteiger partial charge on any atom is 0.0526 e. The third-order valence-electron chi connectivity index (χ3n) is 16.1. The lowest BCUT2D eigenvalue weighted by Gasteiger charge is -2.37. The average Bonchev–Trinajstić information content (AvgIpc) is 3.92. The van der Waals surface area contributed by atoms with Gasteiger partial charge in [0.25, 0.3) is 0 Å². The molecule has 0 amide bonds. The van der Waals surface area contributed by atoms with Crippen LogP contribution in [0, 0.1) is 55.4 Å². The van der Waals surface area contributed by atoms with Gasteiger partial charge in [-0.05, 0) is 211 Å². The lowest BCUT2D eigenvalue weighted by molar-refractivity contribution is 0.425. The Balaban J connectivity index is 1.25. The first kappa shape index (κ1) is 51.5. The molecule has 0 radical (unpaired) electrons. The minimum absolute atomic E-state index is 0.273. The second-order valence-electron chi connectivity index (χ2n) is 23.0. The number of hydrogen-bond acceptors (Lipinski definition) is 4. The first-order chi connectivity index (χ1) is 37.5. The lowest BCUT2D eigenvalue weighted by atomic mass is 9.74. The third kappa shape index (κ3) is 10.1. The van der Waals surface area contributed by atoms with Crippen molar-refractivity contribution in [2.24, 2.45) is 0 Å². The molecule has 4 heteroatoms. The molecule has 10 aromatic carbocycles. The Labute approximate surface area is 464 Å². The molecule has 0 saturated carbocycles. The zero-order chi connectivity index (χ0) is 54.5. The van der Waals surface area contributed by atoms with Gasteiger partial charge in [0, 0.05) is 68.0 Å². The lowest BCUT2D eigenvalue weighted by Crippen LogP contribution is -2.26. The predicted octanol–water partition coefficient (Wildman–Crippen LogP) is 21.0. The fourth-order valence-corrected chi connectivity index (χ4v) is 11.8. The van der Waals surface area contributed by atoms with Gasteiger partial charge < -0.3 is 19.6 Å². The van der Waals surface area contributed by atoms with E-state index in [0.29, 0.717) is 0 Å². The molecule has 0 spiro atoms. The van der Waals surface area contributed by atoms with Crippen molar-refractivity contribution in [3.63, 3.8) is 0 Å². The molecule has 0 N–H and O–H groups in total. The average molecular weight is 1020 g/mol. The minimum atomic E-state index is -0.526. The molecule has 0 aliphatic heterocycles. The molecule has 1 aliphatic rings. The Morgan fingerprint density at radius 1 is 0.256 bits per heavy atom. The van der Waals surface area contributed by atoms with Gasteiger partial charge in [-0.25, -0.2) is 0 Å². The third-order valence-corrected chi connectivity index (χ3v) is 16.1. The van der Waals surface area contributed by atoms with Gasteiger partial charge in [0.05, 0.1) is 5.69 Å². The molecule has 0 fully saturated rings. The molecule has 0 bridgehead atoms. The van der Waals surface area contributed by atoms with E-state index in [1.54, 1.807) is 0 Å². The summed E-state index contributed by atoms with van der Waals surface area (Å²) in [7, 11) is 0. The number of benzene rings is 10. The van der Waals surface area contributed by atoms with E-state index in [0.717, 1.165) is 74.7 Å². The Kier molecular flexibility index (Phi) is 13.7. The van der Waals surface area contributed by atoms with Crippen molar-refractivity contribution in [3.8, 4) is 0 Å². The van der Waals surface area contributed by atoms with Crippen LogP contribution in [0.4, 0.5) is 68.2 Å². The highest BCUT2D eigenvalue weighted by molar-refractivity contribution is 5.90. The first-order valence-electron chi connectivity index (χ1n) is 27.6. The number of rotatable bonds is 13. The van der Waals surface area contributed by atoms with E-state index in [9.17, 15) is 0 Å². The van der Waals surface area contributed by atoms with Gasteiger partial charge in [-0.3, -0.25) is 0 Å². The van der Waals surface area contributed by atoms with Gasteiger partial charge in [0.15, 0.2) is 0 Å². The fraction of sp³-hybridized carbons (Fsp3) is 0.189. The summed E-state index contributed by atoms with van der Waals surface area (Å²) in [5, 5.41) is 0. The molecular formula is C74H72N4. The van der Waals surface area contributed by atoms with Crippen LogP contribution in [0.15, 0.2) is 224 Å². The Hall–Kier alpha value is -8.60. The highest BCUT2D eigenvalue weighted by Gasteiger charge is 2.49. The fourth-order valence-electron chi connectivity index (χ4n) is 11.8. The topological polar surface area (TPSA) is 13.0 Å². The van der Waals surface area contributed by atoms with Gasteiger partial charge in [0.2, 0.25) is 0 Å². The minimum Gasteiger partial charge on any atom is -0.310 e. The van der Waals surface area contributed by atoms with Gasteiger partial charge >= 0.3 is 0 Å². The van der Waals surface area contributed by atoms with E-state index >= 15 is 0 Å². The zero-order valence-corrected chi connectivity index (χ0v) is 47.4. The van der Waals surface area contributed by atoms with Crippen LogP contribution in [-0.4, -0.2) is 0 Å². The molecule has 10 aromatic rings. The van der Waals surface area contributed by atoms with E-state index in [2.05, 4.69) is 320 Å². The summed E-state index contributed by atoms with van der Waals surface area (Å²) < 4.78 is 0. The maximum absolute atomic E-state index is 2.53. The molecule has 1 unspecified atom stereocenters. The number of hydrogen-bond donors (Lipinski definition) is 0. The van der Waals surface area contributed by atoms with E-state index in [-0.39, 0.29) is 5.41 Å². The Bertz CT molecular complexity index is 3430. The Morgan fingerprint density at radius 3 is 0.744 bits per heavy atom. The quantitative estimate of drug-likeness (QED) is 0.114. The maximum atomic E-state index is 2.53. The first-order valence-corrected chi connectivity index (χ1v) is 27.6.